The van der Waals surface area contributed by atoms with Gasteiger partial charge < -0.3 is 44.3 Å². The normalized spacial score (nSPS) is 25.6. The molecule has 4 aliphatic rings. The number of likely N-dealkylation sites (tertiary alicyclic amines) is 1. The van der Waals surface area contributed by atoms with Gasteiger partial charge in [0, 0.05) is 31.0 Å². The number of nitrogens with one attached hydrogen (secondary N) is 2. The average molecular weight is 706 g/mol. The van der Waals surface area contributed by atoms with Crippen LogP contribution in [0.1, 0.15) is 63.6 Å². The molecule has 0 unspecified atom stereocenters. The number of amides is 2. The van der Waals surface area contributed by atoms with Gasteiger partial charge in [-0.05, 0) is 77.4 Å². The van der Waals surface area contributed by atoms with Crippen molar-refractivity contribution < 1.29 is 48.0 Å². The molecule has 2 aliphatic heterocycles. The zero-order chi connectivity index (χ0) is 36.7. The van der Waals surface area contributed by atoms with Gasteiger partial charge in [-0.15, -0.1) is 0 Å². The summed E-state index contributed by atoms with van der Waals surface area (Å²) >= 11 is 0. The number of carbonyl (C=O) groups excluding carboxylic acids is 4. The summed E-state index contributed by atoms with van der Waals surface area (Å²) < 4.78 is 28.8. The Morgan fingerprint density at radius 3 is 2.57 bits per heavy atom. The van der Waals surface area contributed by atoms with E-state index in [1.807, 2.05) is 49.5 Å². The highest BCUT2D eigenvalue weighted by Gasteiger charge is 2.72. The summed E-state index contributed by atoms with van der Waals surface area (Å²) in [4.78, 5) is 53.9. The molecule has 2 heterocycles. The van der Waals surface area contributed by atoms with E-state index in [-0.39, 0.29) is 37.6 Å². The lowest BCUT2D eigenvalue weighted by Crippen LogP contribution is -2.74. The summed E-state index contributed by atoms with van der Waals surface area (Å²) in [6.45, 7) is 7.20. The van der Waals surface area contributed by atoms with Crippen LogP contribution in [0.5, 0.6) is 11.5 Å². The minimum Gasteiger partial charge on any atom is -0.493 e. The van der Waals surface area contributed by atoms with Crippen molar-refractivity contribution in [1.82, 2.24) is 15.5 Å². The summed E-state index contributed by atoms with van der Waals surface area (Å²) in [6, 6.07) is 12.0. The fourth-order valence-corrected chi connectivity index (χ4v) is 8.01. The molecule has 1 spiro atoms. The molecule has 1 saturated heterocycles. The van der Waals surface area contributed by atoms with Gasteiger partial charge in [0.25, 0.3) is 0 Å². The van der Waals surface area contributed by atoms with Crippen molar-refractivity contribution in [2.45, 2.75) is 101 Å². The maximum absolute atomic E-state index is 13.3. The van der Waals surface area contributed by atoms with E-state index in [1.54, 1.807) is 34.0 Å². The molecule has 0 saturated carbocycles. The maximum atomic E-state index is 13.3. The van der Waals surface area contributed by atoms with Crippen LogP contribution < -0.4 is 20.1 Å². The highest BCUT2D eigenvalue weighted by atomic mass is 16.6. The number of methoxy groups -OCH3 is 1. The summed E-state index contributed by atoms with van der Waals surface area (Å²) in [6.07, 6.45) is 0.379. The summed E-state index contributed by atoms with van der Waals surface area (Å²) in [5.74, 6) is -0.671. The molecule has 13 nitrogen and oxygen atoms in total. The molecule has 3 N–H and O–H groups in total. The predicted octanol–water partition coefficient (Wildman–Crippen LogP) is 3.09. The van der Waals surface area contributed by atoms with Gasteiger partial charge in [-0.1, -0.05) is 36.4 Å². The molecule has 2 aromatic carbocycles. The minimum absolute atomic E-state index is 0.0963. The van der Waals surface area contributed by atoms with E-state index < -0.39 is 58.8 Å². The standard InChI is InChI=1S/C38H47N3O10/c1-22(48-29(42)15-18-39-33(43)25(20-23-10-8-7-9-11-23)40-35(45)51-36(2,3)4)34(44)49-27-14-16-38(46)28-21-24-12-13-26(47-6)31-30(24)37(38,32(27)50-31)17-19-41(28)5/h7-14,22,25,28,32,46H,15-21H2,1-6H3,(H,39,43)(H,40,45)/t22-,25-,28-,32-,37-,38+/m0/s1. The monoisotopic (exact) mass is 705 g/mol. The Kier molecular flexibility index (Phi) is 9.81. The first-order valence-corrected chi connectivity index (χ1v) is 17.4. The smallest absolute Gasteiger partial charge is 0.408 e. The van der Waals surface area contributed by atoms with Crippen molar-refractivity contribution in [3.63, 3.8) is 0 Å². The zero-order valence-corrected chi connectivity index (χ0v) is 29.9. The minimum atomic E-state index is -1.27. The summed E-state index contributed by atoms with van der Waals surface area (Å²) in [5, 5.41) is 17.6. The number of esters is 2. The Bertz CT molecular complexity index is 1720. The quantitative estimate of drug-likeness (QED) is 0.233. The molecular weight excluding hydrogens is 658 g/mol. The van der Waals surface area contributed by atoms with Crippen LogP contribution >= 0.6 is 0 Å². The molecule has 0 aromatic heterocycles. The molecule has 13 heteroatoms. The van der Waals surface area contributed by atoms with Gasteiger partial charge in [0.2, 0.25) is 5.91 Å². The number of aliphatic hydroxyl groups is 1. The first-order chi connectivity index (χ1) is 24.2. The lowest BCUT2D eigenvalue weighted by atomic mass is 9.50. The Balaban J connectivity index is 1.07. The molecule has 2 aromatic rings. The van der Waals surface area contributed by atoms with Crippen LogP contribution in [0.4, 0.5) is 4.79 Å². The number of carbonyl (C=O) groups is 4. The SMILES string of the molecule is COc1ccc2c3c1O[C@H]1C(OC(=O)[C@H](C)OC(=O)CCNC(=O)[C@H](Cc4ccccc4)NC(=O)OC(C)(C)C)=CC[C@@]4(O)[C@H](C2)N(C)CC[C@]314. The van der Waals surface area contributed by atoms with Gasteiger partial charge in [0.1, 0.15) is 17.4 Å². The van der Waals surface area contributed by atoms with E-state index >= 15 is 0 Å². The third-order valence-electron chi connectivity index (χ3n) is 10.3. The van der Waals surface area contributed by atoms with Crippen LogP contribution in [0.2, 0.25) is 0 Å². The topological polar surface area (TPSA) is 162 Å². The van der Waals surface area contributed by atoms with Gasteiger partial charge in [0.15, 0.2) is 23.7 Å². The van der Waals surface area contributed by atoms with Crippen molar-refractivity contribution in [3.05, 3.63) is 71.0 Å². The molecule has 2 amide bonds. The van der Waals surface area contributed by atoms with Gasteiger partial charge in [-0.3, -0.25) is 9.59 Å². The van der Waals surface area contributed by atoms with Gasteiger partial charge in [0.05, 0.1) is 24.5 Å². The third kappa shape index (κ3) is 6.76. The van der Waals surface area contributed by atoms with Crippen LogP contribution in [-0.2, 0) is 46.9 Å². The van der Waals surface area contributed by atoms with E-state index in [0.29, 0.717) is 24.3 Å². The van der Waals surface area contributed by atoms with Crippen LogP contribution in [0.15, 0.2) is 54.3 Å². The van der Waals surface area contributed by atoms with Crippen molar-refractivity contribution in [3.8, 4) is 11.5 Å². The molecule has 6 rings (SSSR count). The number of alkyl carbamates (subject to hydrolysis) is 1. The van der Waals surface area contributed by atoms with Gasteiger partial charge in [-0.2, -0.15) is 0 Å². The van der Waals surface area contributed by atoms with Crippen molar-refractivity contribution in [1.29, 1.82) is 0 Å². The predicted molar refractivity (Wildman–Crippen MR) is 184 cm³/mol. The van der Waals surface area contributed by atoms with Crippen LogP contribution in [-0.4, -0.2) is 96.7 Å². The van der Waals surface area contributed by atoms with E-state index in [4.69, 9.17) is 23.7 Å². The number of hydrogen-bond donors (Lipinski definition) is 3. The van der Waals surface area contributed by atoms with E-state index in [2.05, 4.69) is 15.5 Å². The molecule has 6 atom stereocenters. The molecule has 2 aliphatic carbocycles. The number of nitrogens with zero attached hydrogens (tertiary/aromatic N) is 1. The summed E-state index contributed by atoms with van der Waals surface area (Å²) in [5.41, 5.74) is 0.0478. The lowest BCUT2D eigenvalue weighted by molar-refractivity contribution is -0.175. The molecular formula is C38H47N3O10. The first-order valence-electron chi connectivity index (χ1n) is 17.4. The fraction of sp³-hybridized carbons (Fsp3) is 0.526. The number of ether oxygens (including phenoxy) is 5. The van der Waals surface area contributed by atoms with Gasteiger partial charge >= 0.3 is 18.0 Å². The Morgan fingerprint density at radius 1 is 1.12 bits per heavy atom. The largest absolute Gasteiger partial charge is 0.493 e. The summed E-state index contributed by atoms with van der Waals surface area (Å²) in [7, 11) is 3.58. The second kappa shape index (κ2) is 13.8. The van der Waals surface area contributed by atoms with E-state index in [9.17, 15) is 24.3 Å². The number of likely N-dealkylation sites (N-methyl/N-ethyl adjacent to an activating group) is 1. The second-order valence-corrected chi connectivity index (χ2v) is 14.8. The first kappa shape index (κ1) is 36.2. The fourth-order valence-electron chi connectivity index (χ4n) is 8.01. The number of rotatable bonds is 11. The molecule has 0 radical (unpaired) electrons. The molecule has 274 valence electrons. The van der Waals surface area contributed by atoms with E-state index in [1.165, 1.54) is 6.92 Å². The van der Waals surface area contributed by atoms with Crippen LogP contribution in [0.3, 0.4) is 0 Å². The molecule has 51 heavy (non-hydrogen) atoms. The molecule has 2 bridgehead atoms. The maximum Gasteiger partial charge on any atom is 0.408 e. The Morgan fingerprint density at radius 2 is 1.86 bits per heavy atom. The van der Waals surface area contributed by atoms with Gasteiger partial charge in [-0.25, -0.2) is 9.59 Å². The highest BCUT2D eigenvalue weighted by molar-refractivity contribution is 5.86. The number of piperidine rings is 1. The number of hydrogen-bond acceptors (Lipinski definition) is 11. The number of benzene rings is 2. The highest BCUT2D eigenvalue weighted by Crippen LogP contribution is 2.65. The average Bonchev–Trinajstić information content (AvgIpc) is 3.43. The Hall–Kier alpha value is -4.62. The van der Waals surface area contributed by atoms with Crippen LogP contribution in [0, 0.1) is 0 Å². The third-order valence-corrected chi connectivity index (χ3v) is 10.3. The van der Waals surface area contributed by atoms with E-state index in [0.717, 1.165) is 23.2 Å². The van der Waals surface area contributed by atoms with Crippen molar-refractivity contribution in [2.24, 2.45) is 0 Å². The van der Waals surface area contributed by atoms with Crippen molar-refractivity contribution >= 4 is 23.9 Å². The Labute approximate surface area is 297 Å². The lowest BCUT2D eigenvalue weighted by Gasteiger charge is -2.61. The zero-order valence-electron chi connectivity index (χ0n) is 29.9. The second-order valence-electron chi connectivity index (χ2n) is 14.8. The van der Waals surface area contributed by atoms with Crippen molar-refractivity contribution in [2.75, 3.05) is 27.2 Å². The molecule has 1 fully saturated rings. The van der Waals surface area contributed by atoms with Crippen LogP contribution in [0.25, 0.3) is 0 Å².